The number of aromatic carboxylic acids is 1. The summed E-state index contributed by atoms with van der Waals surface area (Å²) in [5.74, 6) is -1.70. The number of aromatic hydroxyl groups is 1. The Hall–Kier alpha value is -3.50. The van der Waals surface area contributed by atoms with Crippen LogP contribution in [0.2, 0.25) is 0 Å². The SMILES string of the molecule is CC(=O)Nc1ccc(-c2csc(NC(=S)Nc3ccc(O)c(C(=O)O)c3)n2)cc1. The number of amides is 1. The van der Waals surface area contributed by atoms with Crippen molar-refractivity contribution in [3.05, 3.63) is 53.4 Å². The molecule has 0 aliphatic heterocycles. The molecule has 0 bridgehead atoms. The standard InChI is InChI=1S/C19H16N4O4S2/c1-10(24)20-12-4-2-11(3-5-12)15-9-29-19(22-15)23-18(28)21-13-6-7-16(25)14(8-13)17(26)27/h2-9,25H,1H3,(H,20,24)(H,26,27)(H2,21,22,23,28). The van der Waals surface area contributed by atoms with Crippen LogP contribution in [0, 0.1) is 0 Å². The van der Waals surface area contributed by atoms with E-state index in [0.29, 0.717) is 16.5 Å². The third kappa shape index (κ3) is 5.27. The first-order chi connectivity index (χ1) is 13.8. The number of thiazole rings is 1. The van der Waals surface area contributed by atoms with Crippen LogP contribution >= 0.6 is 23.6 Å². The molecule has 10 heteroatoms. The van der Waals surface area contributed by atoms with E-state index in [9.17, 15) is 14.7 Å². The summed E-state index contributed by atoms with van der Waals surface area (Å²) in [7, 11) is 0. The fraction of sp³-hybridized carbons (Fsp3) is 0.0526. The van der Waals surface area contributed by atoms with Gasteiger partial charge in [-0.05, 0) is 42.5 Å². The highest BCUT2D eigenvalue weighted by Gasteiger charge is 2.11. The number of carbonyl (C=O) groups excluding carboxylic acids is 1. The number of anilines is 3. The number of hydrogen-bond donors (Lipinski definition) is 5. The minimum absolute atomic E-state index is 0.136. The molecule has 148 valence electrons. The minimum atomic E-state index is -1.24. The van der Waals surface area contributed by atoms with E-state index in [0.717, 1.165) is 11.3 Å². The number of phenols is 1. The Morgan fingerprint density at radius 3 is 2.38 bits per heavy atom. The van der Waals surface area contributed by atoms with Crippen molar-refractivity contribution in [1.29, 1.82) is 0 Å². The molecule has 3 rings (SSSR count). The molecule has 8 nitrogen and oxygen atoms in total. The third-order valence-corrected chi connectivity index (χ3v) is 4.67. The van der Waals surface area contributed by atoms with E-state index in [1.54, 1.807) is 12.1 Å². The summed E-state index contributed by atoms with van der Waals surface area (Å²) in [4.78, 5) is 26.7. The molecule has 3 aromatic rings. The average Bonchev–Trinajstić information content (AvgIpc) is 3.11. The monoisotopic (exact) mass is 428 g/mol. The number of hydrogen-bond acceptors (Lipinski definition) is 6. The molecule has 0 fully saturated rings. The number of nitrogens with zero attached hydrogens (tertiary/aromatic N) is 1. The fourth-order valence-corrected chi connectivity index (χ4v) is 3.44. The van der Waals surface area contributed by atoms with Crippen molar-refractivity contribution in [2.45, 2.75) is 6.92 Å². The van der Waals surface area contributed by atoms with Crippen LogP contribution in [0.3, 0.4) is 0 Å². The van der Waals surface area contributed by atoms with Gasteiger partial charge in [-0.2, -0.15) is 0 Å². The Morgan fingerprint density at radius 2 is 1.72 bits per heavy atom. The van der Waals surface area contributed by atoms with Gasteiger partial charge in [0.1, 0.15) is 11.3 Å². The fourth-order valence-electron chi connectivity index (χ4n) is 2.44. The summed E-state index contributed by atoms with van der Waals surface area (Å²) in [6.45, 7) is 1.45. The zero-order valence-electron chi connectivity index (χ0n) is 15.1. The van der Waals surface area contributed by atoms with E-state index in [4.69, 9.17) is 17.3 Å². The Bertz CT molecular complexity index is 1080. The van der Waals surface area contributed by atoms with Gasteiger partial charge >= 0.3 is 5.97 Å². The molecule has 5 N–H and O–H groups in total. The van der Waals surface area contributed by atoms with Crippen molar-refractivity contribution in [2.24, 2.45) is 0 Å². The van der Waals surface area contributed by atoms with Gasteiger partial charge < -0.3 is 26.2 Å². The van der Waals surface area contributed by atoms with E-state index < -0.39 is 5.97 Å². The summed E-state index contributed by atoms with van der Waals surface area (Å²) < 4.78 is 0. The number of carbonyl (C=O) groups is 2. The van der Waals surface area contributed by atoms with Crippen molar-refractivity contribution in [3.8, 4) is 17.0 Å². The quantitative estimate of drug-likeness (QED) is 0.305. The maximum absolute atomic E-state index is 11.1. The van der Waals surface area contributed by atoms with Gasteiger partial charge in [0, 0.05) is 29.2 Å². The molecule has 0 radical (unpaired) electrons. The van der Waals surface area contributed by atoms with Crippen molar-refractivity contribution in [1.82, 2.24) is 4.98 Å². The van der Waals surface area contributed by atoms with Crippen molar-refractivity contribution >= 4 is 57.0 Å². The van der Waals surface area contributed by atoms with Gasteiger partial charge in [0.15, 0.2) is 10.2 Å². The number of carboxylic acid groups (broad SMARTS) is 1. The van der Waals surface area contributed by atoms with Crippen LogP contribution in [0.15, 0.2) is 47.8 Å². The molecule has 0 aliphatic rings. The molecule has 0 spiro atoms. The summed E-state index contributed by atoms with van der Waals surface area (Å²) in [5, 5.41) is 29.8. The maximum atomic E-state index is 11.1. The molecule has 2 aromatic carbocycles. The molecule has 0 saturated heterocycles. The number of nitrogens with one attached hydrogen (secondary N) is 3. The predicted octanol–water partition coefficient (Wildman–Crippen LogP) is 3.98. The molecule has 1 aromatic heterocycles. The number of thiocarbonyl (C=S) groups is 1. The Balaban J connectivity index is 1.65. The molecule has 0 aliphatic carbocycles. The van der Waals surface area contributed by atoms with Gasteiger partial charge in [0.25, 0.3) is 0 Å². The van der Waals surface area contributed by atoms with Gasteiger partial charge in [0.2, 0.25) is 5.91 Å². The molecule has 0 unspecified atom stereocenters. The van der Waals surface area contributed by atoms with Crippen LogP contribution in [0.5, 0.6) is 5.75 Å². The zero-order chi connectivity index (χ0) is 21.0. The van der Waals surface area contributed by atoms with Crippen LogP contribution in [-0.4, -0.2) is 32.2 Å². The zero-order valence-corrected chi connectivity index (χ0v) is 16.7. The van der Waals surface area contributed by atoms with Crippen LogP contribution in [0.25, 0.3) is 11.3 Å². The van der Waals surface area contributed by atoms with Crippen LogP contribution in [0.4, 0.5) is 16.5 Å². The van der Waals surface area contributed by atoms with Gasteiger partial charge in [-0.1, -0.05) is 12.1 Å². The minimum Gasteiger partial charge on any atom is -0.507 e. The normalized spacial score (nSPS) is 10.2. The average molecular weight is 428 g/mol. The molecule has 1 heterocycles. The second kappa shape index (κ2) is 8.67. The Kier molecular flexibility index (Phi) is 6.05. The molecule has 0 atom stereocenters. The third-order valence-electron chi connectivity index (χ3n) is 3.71. The first-order valence-electron chi connectivity index (χ1n) is 8.29. The summed E-state index contributed by atoms with van der Waals surface area (Å²) >= 11 is 6.59. The molecule has 29 heavy (non-hydrogen) atoms. The van der Waals surface area contributed by atoms with E-state index in [1.165, 1.54) is 36.5 Å². The van der Waals surface area contributed by atoms with Gasteiger partial charge in [0.05, 0.1) is 5.69 Å². The lowest BCUT2D eigenvalue weighted by Crippen LogP contribution is -2.19. The lowest BCUT2D eigenvalue weighted by Gasteiger charge is -2.09. The first kappa shape index (κ1) is 20.2. The van der Waals surface area contributed by atoms with Crippen molar-refractivity contribution in [3.63, 3.8) is 0 Å². The highest BCUT2D eigenvalue weighted by Crippen LogP contribution is 2.26. The second-order valence-corrected chi connectivity index (χ2v) is 7.18. The first-order valence-corrected chi connectivity index (χ1v) is 9.58. The highest BCUT2D eigenvalue weighted by molar-refractivity contribution is 7.80. The summed E-state index contributed by atoms with van der Waals surface area (Å²) in [6, 6.07) is 11.4. The summed E-state index contributed by atoms with van der Waals surface area (Å²) in [5.41, 5.74) is 2.52. The lowest BCUT2D eigenvalue weighted by atomic mass is 10.1. The molecular formula is C19H16N4O4S2. The Morgan fingerprint density at radius 1 is 1.03 bits per heavy atom. The molecule has 0 saturated carbocycles. The molecule has 1 amide bonds. The second-order valence-electron chi connectivity index (χ2n) is 5.91. The van der Waals surface area contributed by atoms with Gasteiger partial charge in [-0.25, -0.2) is 9.78 Å². The summed E-state index contributed by atoms with van der Waals surface area (Å²) in [6.07, 6.45) is 0. The van der Waals surface area contributed by atoms with E-state index >= 15 is 0 Å². The van der Waals surface area contributed by atoms with Crippen molar-refractivity contribution < 1.29 is 19.8 Å². The van der Waals surface area contributed by atoms with Crippen LogP contribution < -0.4 is 16.0 Å². The topological polar surface area (TPSA) is 124 Å². The largest absolute Gasteiger partial charge is 0.507 e. The van der Waals surface area contributed by atoms with E-state index in [-0.39, 0.29) is 22.3 Å². The van der Waals surface area contributed by atoms with Gasteiger partial charge in [-0.3, -0.25) is 4.79 Å². The number of carboxylic acids is 1. The van der Waals surface area contributed by atoms with Gasteiger partial charge in [-0.15, -0.1) is 11.3 Å². The smallest absolute Gasteiger partial charge is 0.339 e. The van der Waals surface area contributed by atoms with E-state index in [2.05, 4.69) is 20.9 Å². The van der Waals surface area contributed by atoms with Crippen molar-refractivity contribution in [2.75, 3.05) is 16.0 Å². The molecular weight excluding hydrogens is 412 g/mol. The van der Waals surface area contributed by atoms with Crippen LogP contribution in [-0.2, 0) is 4.79 Å². The number of rotatable bonds is 5. The Labute approximate surface area is 175 Å². The lowest BCUT2D eigenvalue weighted by molar-refractivity contribution is -0.114. The van der Waals surface area contributed by atoms with E-state index in [1.807, 2.05) is 17.5 Å². The highest BCUT2D eigenvalue weighted by atomic mass is 32.1. The predicted molar refractivity (Wildman–Crippen MR) is 117 cm³/mol. The number of aromatic nitrogens is 1. The van der Waals surface area contributed by atoms with Crippen LogP contribution in [0.1, 0.15) is 17.3 Å². The maximum Gasteiger partial charge on any atom is 0.339 e. The number of benzene rings is 2.